The van der Waals surface area contributed by atoms with Gasteiger partial charge in [0.15, 0.2) is 0 Å². The average molecular weight is 280 g/mol. The maximum absolute atomic E-state index is 13.0. The topological polar surface area (TPSA) is 9.23 Å². The van der Waals surface area contributed by atoms with Crippen molar-refractivity contribution in [3.8, 4) is 5.75 Å². The highest BCUT2D eigenvalue weighted by Gasteiger charge is 2.01. The molecule has 1 rings (SSSR count). The van der Waals surface area contributed by atoms with Gasteiger partial charge >= 0.3 is 0 Å². The number of hydrogen-bond acceptors (Lipinski definition) is 1. The third-order valence-corrected chi connectivity index (χ3v) is 2.56. The summed E-state index contributed by atoms with van der Waals surface area (Å²) in [4.78, 5) is 0. The molecule has 1 aromatic rings. The molecule has 0 N–H and O–H groups in total. The lowest BCUT2D eigenvalue weighted by atomic mass is 10.3. The van der Waals surface area contributed by atoms with Crippen LogP contribution in [0.4, 0.5) is 4.39 Å². The van der Waals surface area contributed by atoms with Crippen LogP contribution in [-0.2, 0) is 0 Å². The standard InChI is InChI=1S/C10H9BrClFO/c1-7(5-12)6-14-8-2-3-9(11)10(13)4-8/h2-5H,6H2,1H3/b7-5-. The lowest BCUT2D eigenvalue weighted by Gasteiger charge is -2.06. The average Bonchev–Trinajstić information content (AvgIpc) is 2.19. The predicted molar refractivity (Wildman–Crippen MR) is 59.2 cm³/mol. The van der Waals surface area contributed by atoms with Crippen molar-refractivity contribution in [2.45, 2.75) is 6.92 Å². The number of ether oxygens (including phenoxy) is 1. The fourth-order valence-corrected chi connectivity index (χ4v) is 1.10. The van der Waals surface area contributed by atoms with Gasteiger partial charge in [-0.2, -0.15) is 0 Å². The third-order valence-electron chi connectivity index (χ3n) is 1.54. The molecule has 0 aromatic heterocycles. The molecule has 0 radical (unpaired) electrons. The molecule has 0 aliphatic carbocycles. The smallest absolute Gasteiger partial charge is 0.141 e. The second kappa shape index (κ2) is 5.37. The van der Waals surface area contributed by atoms with Crippen LogP contribution in [0.25, 0.3) is 0 Å². The molecule has 76 valence electrons. The van der Waals surface area contributed by atoms with Gasteiger partial charge in [0.2, 0.25) is 0 Å². The van der Waals surface area contributed by atoms with E-state index < -0.39 is 0 Å². The van der Waals surface area contributed by atoms with Crippen LogP contribution in [0.15, 0.2) is 33.8 Å². The van der Waals surface area contributed by atoms with Gasteiger partial charge in [-0.3, -0.25) is 0 Å². The number of benzene rings is 1. The monoisotopic (exact) mass is 278 g/mol. The van der Waals surface area contributed by atoms with Gasteiger partial charge in [-0.05, 0) is 40.6 Å². The quantitative estimate of drug-likeness (QED) is 0.809. The van der Waals surface area contributed by atoms with Gasteiger partial charge in [-0.15, -0.1) is 0 Å². The largest absolute Gasteiger partial charge is 0.489 e. The van der Waals surface area contributed by atoms with Crippen LogP contribution in [0, 0.1) is 5.82 Å². The zero-order valence-electron chi connectivity index (χ0n) is 7.56. The van der Waals surface area contributed by atoms with Crippen molar-refractivity contribution in [1.29, 1.82) is 0 Å². The fraction of sp³-hybridized carbons (Fsp3) is 0.200. The minimum atomic E-state index is -0.338. The summed E-state index contributed by atoms with van der Waals surface area (Å²) in [7, 11) is 0. The maximum atomic E-state index is 13.0. The van der Waals surface area contributed by atoms with E-state index in [4.69, 9.17) is 16.3 Å². The van der Waals surface area contributed by atoms with E-state index in [1.54, 1.807) is 12.1 Å². The predicted octanol–water partition coefficient (Wildman–Crippen LogP) is 4.11. The molecule has 0 spiro atoms. The Balaban J connectivity index is 2.64. The molecule has 0 saturated carbocycles. The highest BCUT2D eigenvalue weighted by Crippen LogP contribution is 2.21. The Morgan fingerprint density at radius 1 is 1.64 bits per heavy atom. The third kappa shape index (κ3) is 3.31. The van der Waals surface area contributed by atoms with Gasteiger partial charge in [0, 0.05) is 11.6 Å². The van der Waals surface area contributed by atoms with Crippen molar-refractivity contribution < 1.29 is 9.13 Å². The van der Waals surface area contributed by atoms with E-state index in [-0.39, 0.29) is 5.82 Å². The minimum absolute atomic E-state index is 0.338. The molecule has 0 amide bonds. The molecular weight excluding hydrogens is 270 g/mol. The van der Waals surface area contributed by atoms with Crippen molar-refractivity contribution >= 4 is 27.5 Å². The molecular formula is C10H9BrClFO. The molecule has 0 saturated heterocycles. The first-order valence-corrected chi connectivity index (χ1v) is 5.20. The molecule has 0 heterocycles. The summed E-state index contributed by atoms with van der Waals surface area (Å²) < 4.78 is 18.7. The minimum Gasteiger partial charge on any atom is -0.489 e. The molecule has 1 aromatic carbocycles. The summed E-state index contributed by atoms with van der Waals surface area (Å²) in [5, 5.41) is 0. The molecule has 0 fully saturated rings. The lowest BCUT2D eigenvalue weighted by molar-refractivity contribution is 0.350. The number of halogens is 3. The van der Waals surface area contributed by atoms with Gasteiger partial charge in [0.05, 0.1) is 4.47 Å². The van der Waals surface area contributed by atoms with Gasteiger partial charge in [0.1, 0.15) is 18.2 Å². The second-order valence-electron chi connectivity index (χ2n) is 2.82. The first kappa shape index (κ1) is 11.5. The normalized spacial score (nSPS) is 11.6. The SMILES string of the molecule is C/C(=C/Cl)COc1ccc(Br)c(F)c1. The van der Waals surface area contributed by atoms with Crippen LogP contribution in [0.5, 0.6) is 5.75 Å². The summed E-state index contributed by atoms with van der Waals surface area (Å²) >= 11 is 8.51. The molecule has 0 unspecified atom stereocenters. The molecule has 14 heavy (non-hydrogen) atoms. The first-order valence-electron chi connectivity index (χ1n) is 3.97. The van der Waals surface area contributed by atoms with Crippen molar-refractivity contribution in [2.24, 2.45) is 0 Å². The molecule has 1 nitrogen and oxygen atoms in total. The first-order chi connectivity index (χ1) is 6.63. The number of rotatable bonds is 3. The Morgan fingerprint density at radius 2 is 2.36 bits per heavy atom. The van der Waals surface area contributed by atoms with Crippen molar-refractivity contribution in [3.05, 3.63) is 39.6 Å². The lowest BCUT2D eigenvalue weighted by Crippen LogP contribution is -1.98. The Hall–Kier alpha value is -0.540. The Kier molecular flexibility index (Phi) is 4.42. The zero-order valence-corrected chi connectivity index (χ0v) is 9.90. The Bertz CT molecular complexity index is 352. The maximum Gasteiger partial charge on any atom is 0.141 e. The van der Waals surface area contributed by atoms with Crippen molar-refractivity contribution in [3.63, 3.8) is 0 Å². The number of hydrogen-bond donors (Lipinski definition) is 0. The van der Waals surface area contributed by atoms with E-state index in [9.17, 15) is 4.39 Å². The van der Waals surface area contributed by atoms with Crippen LogP contribution in [0.2, 0.25) is 0 Å². The van der Waals surface area contributed by atoms with Gasteiger partial charge in [0.25, 0.3) is 0 Å². The summed E-state index contributed by atoms with van der Waals surface area (Å²) in [5.74, 6) is 0.151. The van der Waals surface area contributed by atoms with E-state index in [0.29, 0.717) is 16.8 Å². The molecule has 0 aliphatic heterocycles. The van der Waals surface area contributed by atoms with Gasteiger partial charge in [-0.1, -0.05) is 11.6 Å². The van der Waals surface area contributed by atoms with Crippen molar-refractivity contribution in [2.75, 3.05) is 6.61 Å². The highest BCUT2D eigenvalue weighted by molar-refractivity contribution is 9.10. The van der Waals surface area contributed by atoms with E-state index in [2.05, 4.69) is 15.9 Å². The second-order valence-corrected chi connectivity index (χ2v) is 3.89. The summed E-state index contributed by atoms with van der Waals surface area (Å²) in [6.45, 7) is 2.20. The summed E-state index contributed by atoms with van der Waals surface area (Å²) in [6, 6.07) is 4.62. The van der Waals surface area contributed by atoms with E-state index in [0.717, 1.165) is 5.57 Å². The van der Waals surface area contributed by atoms with E-state index in [1.807, 2.05) is 6.92 Å². The van der Waals surface area contributed by atoms with Gasteiger partial charge in [-0.25, -0.2) is 4.39 Å². The molecule has 0 bridgehead atoms. The molecule has 0 aliphatic rings. The zero-order chi connectivity index (χ0) is 10.6. The molecule has 0 atom stereocenters. The highest BCUT2D eigenvalue weighted by atomic mass is 79.9. The van der Waals surface area contributed by atoms with Crippen LogP contribution >= 0.6 is 27.5 Å². The summed E-state index contributed by atoms with van der Waals surface area (Å²) in [5.41, 5.74) is 2.32. The van der Waals surface area contributed by atoms with Crippen LogP contribution in [0.1, 0.15) is 6.92 Å². The Morgan fingerprint density at radius 3 is 2.93 bits per heavy atom. The van der Waals surface area contributed by atoms with E-state index in [1.165, 1.54) is 11.6 Å². The van der Waals surface area contributed by atoms with Crippen molar-refractivity contribution in [1.82, 2.24) is 0 Å². The van der Waals surface area contributed by atoms with Crippen LogP contribution in [0.3, 0.4) is 0 Å². The Labute approximate surface area is 95.7 Å². The summed E-state index contributed by atoms with van der Waals surface area (Å²) in [6.07, 6.45) is 0. The van der Waals surface area contributed by atoms with Crippen LogP contribution < -0.4 is 4.74 Å². The molecule has 4 heteroatoms. The fourth-order valence-electron chi connectivity index (χ4n) is 0.795. The van der Waals surface area contributed by atoms with Gasteiger partial charge < -0.3 is 4.74 Å². The van der Waals surface area contributed by atoms with E-state index >= 15 is 0 Å². The van der Waals surface area contributed by atoms with Crippen LogP contribution in [-0.4, -0.2) is 6.61 Å².